The topological polar surface area (TPSA) is 85.0 Å². The number of oxazole rings is 1. The van der Waals surface area contributed by atoms with Crippen molar-refractivity contribution < 1.29 is 13.9 Å². The SMILES string of the molecule is COC[C@@H](C)N(C)c1nc(C(=O)N=O)co1. The largest absolute Gasteiger partial charge is 0.431 e. The number of aromatic nitrogens is 1. The lowest BCUT2D eigenvalue weighted by molar-refractivity contribution is 0.0996. The molecule has 1 heterocycles. The summed E-state index contributed by atoms with van der Waals surface area (Å²) in [6.45, 7) is 2.40. The molecule has 0 unspecified atom stereocenters. The van der Waals surface area contributed by atoms with E-state index >= 15 is 0 Å². The molecule has 88 valence electrons. The van der Waals surface area contributed by atoms with Crippen LogP contribution >= 0.6 is 0 Å². The van der Waals surface area contributed by atoms with Gasteiger partial charge < -0.3 is 14.1 Å². The number of rotatable bonds is 5. The van der Waals surface area contributed by atoms with Crippen LogP contribution in [0.3, 0.4) is 0 Å². The predicted molar refractivity (Wildman–Crippen MR) is 56.4 cm³/mol. The zero-order chi connectivity index (χ0) is 12.1. The predicted octanol–water partition coefficient (Wildman–Crippen LogP) is 1.05. The van der Waals surface area contributed by atoms with Crippen LogP contribution in [0.1, 0.15) is 17.4 Å². The Morgan fingerprint density at radius 1 is 1.75 bits per heavy atom. The van der Waals surface area contributed by atoms with Crippen molar-refractivity contribution in [3.05, 3.63) is 16.9 Å². The zero-order valence-corrected chi connectivity index (χ0v) is 9.34. The van der Waals surface area contributed by atoms with Gasteiger partial charge >= 0.3 is 5.91 Å². The fraction of sp³-hybridized carbons (Fsp3) is 0.556. The maximum Gasteiger partial charge on any atom is 0.338 e. The first-order chi connectivity index (χ1) is 7.60. The summed E-state index contributed by atoms with van der Waals surface area (Å²) in [6.07, 6.45) is 1.11. The van der Waals surface area contributed by atoms with Crippen LogP contribution in [0, 0.1) is 4.91 Å². The highest BCUT2D eigenvalue weighted by atomic mass is 16.5. The number of carbonyl (C=O) groups excluding carboxylic acids is 1. The van der Waals surface area contributed by atoms with Crippen molar-refractivity contribution in [1.82, 2.24) is 4.98 Å². The molecule has 7 heteroatoms. The van der Waals surface area contributed by atoms with Crippen molar-refractivity contribution in [2.75, 3.05) is 25.7 Å². The molecule has 7 nitrogen and oxygen atoms in total. The molecule has 1 aromatic rings. The number of anilines is 1. The van der Waals surface area contributed by atoms with Crippen LogP contribution < -0.4 is 4.90 Å². The van der Waals surface area contributed by atoms with Gasteiger partial charge in [-0.2, -0.15) is 4.98 Å². The van der Waals surface area contributed by atoms with Crippen LogP contribution in [0.25, 0.3) is 0 Å². The van der Waals surface area contributed by atoms with Gasteiger partial charge in [-0.05, 0) is 6.92 Å². The molecule has 0 spiro atoms. The number of hydrogen-bond acceptors (Lipinski definition) is 6. The van der Waals surface area contributed by atoms with Gasteiger partial charge in [-0.1, -0.05) is 0 Å². The Bertz CT molecular complexity index is 377. The van der Waals surface area contributed by atoms with E-state index in [2.05, 4.69) is 10.2 Å². The van der Waals surface area contributed by atoms with E-state index in [1.807, 2.05) is 6.92 Å². The second kappa shape index (κ2) is 5.36. The Morgan fingerprint density at radius 3 is 3.00 bits per heavy atom. The average molecular weight is 227 g/mol. The summed E-state index contributed by atoms with van der Waals surface area (Å²) in [6, 6.07) is 0.285. The van der Waals surface area contributed by atoms with Crippen LogP contribution in [-0.2, 0) is 4.74 Å². The van der Waals surface area contributed by atoms with Gasteiger partial charge in [0.25, 0.3) is 6.01 Å². The van der Waals surface area contributed by atoms with E-state index in [0.717, 1.165) is 6.26 Å². The normalized spacial score (nSPS) is 12.2. The lowest BCUT2D eigenvalue weighted by Crippen LogP contribution is -2.32. The van der Waals surface area contributed by atoms with E-state index in [1.165, 1.54) is 0 Å². The molecule has 0 saturated heterocycles. The summed E-state index contributed by atoms with van der Waals surface area (Å²) in [7, 11) is 3.34. The van der Waals surface area contributed by atoms with E-state index in [-0.39, 0.29) is 17.8 Å². The van der Waals surface area contributed by atoms with Crippen molar-refractivity contribution in [2.24, 2.45) is 5.18 Å². The number of carbonyl (C=O) groups is 1. The summed E-state index contributed by atoms with van der Waals surface area (Å²) in [4.78, 5) is 26.5. The number of ether oxygens (including phenoxy) is 1. The van der Waals surface area contributed by atoms with E-state index < -0.39 is 5.91 Å². The van der Waals surface area contributed by atoms with Crippen LogP contribution in [0.4, 0.5) is 6.01 Å². The molecule has 0 radical (unpaired) electrons. The Hall–Kier alpha value is -1.76. The minimum atomic E-state index is -0.942. The number of amides is 1. The van der Waals surface area contributed by atoms with Crippen LogP contribution in [-0.4, -0.2) is 37.7 Å². The smallest absolute Gasteiger partial charge is 0.338 e. The van der Waals surface area contributed by atoms with Gasteiger partial charge in [-0.25, -0.2) is 0 Å². The molecular weight excluding hydrogens is 214 g/mol. The molecule has 0 fully saturated rings. The summed E-state index contributed by atoms with van der Waals surface area (Å²) in [5.41, 5.74) is -0.0959. The molecule has 16 heavy (non-hydrogen) atoms. The number of methoxy groups -OCH3 is 1. The molecule has 0 aliphatic rings. The number of nitroso groups, excluding NO2 is 1. The molecule has 1 aromatic heterocycles. The average Bonchev–Trinajstić information content (AvgIpc) is 2.76. The van der Waals surface area contributed by atoms with Gasteiger partial charge in [0.2, 0.25) is 0 Å². The lowest BCUT2D eigenvalue weighted by Gasteiger charge is -2.21. The van der Waals surface area contributed by atoms with Gasteiger partial charge in [0.15, 0.2) is 5.69 Å². The quantitative estimate of drug-likeness (QED) is 0.699. The molecule has 1 amide bonds. The molecule has 0 aliphatic carbocycles. The van der Waals surface area contributed by atoms with E-state index in [0.29, 0.717) is 6.61 Å². The van der Waals surface area contributed by atoms with Crippen molar-refractivity contribution in [3.8, 4) is 0 Å². The summed E-state index contributed by atoms with van der Waals surface area (Å²) < 4.78 is 10.0. The molecule has 0 aliphatic heterocycles. The molecule has 0 bridgehead atoms. The van der Waals surface area contributed by atoms with Gasteiger partial charge in [0.1, 0.15) is 6.26 Å². The minimum absolute atomic E-state index is 0.0378. The van der Waals surface area contributed by atoms with Crippen LogP contribution in [0.2, 0.25) is 0 Å². The Balaban J connectivity index is 2.77. The maximum absolute atomic E-state index is 10.9. The van der Waals surface area contributed by atoms with E-state index in [4.69, 9.17) is 9.15 Å². The first kappa shape index (κ1) is 12.3. The van der Waals surface area contributed by atoms with E-state index in [1.54, 1.807) is 19.1 Å². The zero-order valence-electron chi connectivity index (χ0n) is 9.34. The number of likely N-dealkylation sites (N-methyl/N-ethyl adjacent to an activating group) is 1. The molecule has 1 rings (SSSR count). The second-order valence-electron chi connectivity index (χ2n) is 3.33. The monoisotopic (exact) mass is 227 g/mol. The van der Waals surface area contributed by atoms with E-state index in [9.17, 15) is 9.70 Å². The first-order valence-corrected chi connectivity index (χ1v) is 4.65. The highest BCUT2D eigenvalue weighted by Gasteiger charge is 2.18. The Kier molecular flexibility index (Phi) is 4.12. The Morgan fingerprint density at radius 2 is 2.44 bits per heavy atom. The van der Waals surface area contributed by atoms with Gasteiger partial charge in [-0.15, -0.1) is 4.91 Å². The highest BCUT2D eigenvalue weighted by Crippen LogP contribution is 2.15. The molecule has 0 N–H and O–H groups in total. The van der Waals surface area contributed by atoms with Gasteiger partial charge in [0.05, 0.1) is 12.6 Å². The van der Waals surface area contributed by atoms with Crippen molar-refractivity contribution in [1.29, 1.82) is 0 Å². The number of nitrogens with zero attached hydrogens (tertiary/aromatic N) is 3. The van der Waals surface area contributed by atoms with Crippen molar-refractivity contribution >= 4 is 11.9 Å². The summed E-state index contributed by atoms with van der Waals surface area (Å²) in [5, 5.41) is 2.26. The van der Waals surface area contributed by atoms with Crippen molar-refractivity contribution in [3.63, 3.8) is 0 Å². The third kappa shape index (κ3) is 2.63. The highest BCUT2D eigenvalue weighted by molar-refractivity contribution is 5.92. The lowest BCUT2D eigenvalue weighted by atomic mass is 10.3. The standard InChI is InChI=1S/C9H13N3O4/c1-6(4-15-3)12(2)9-10-7(5-16-9)8(13)11-14/h5-6H,4H2,1-3H3/t6-/m1/s1. The molecule has 0 saturated carbocycles. The summed E-state index contributed by atoms with van der Waals surface area (Å²) >= 11 is 0. The molecular formula is C9H13N3O4. The van der Waals surface area contributed by atoms with Gasteiger partial charge in [0, 0.05) is 19.3 Å². The second-order valence-corrected chi connectivity index (χ2v) is 3.33. The third-order valence-electron chi connectivity index (χ3n) is 2.16. The number of hydrogen-bond donors (Lipinski definition) is 0. The third-order valence-corrected chi connectivity index (χ3v) is 2.16. The van der Waals surface area contributed by atoms with Gasteiger partial charge in [-0.3, -0.25) is 4.79 Å². The van der Waals surface area contributed by atoms with Crippen LogP contribution in [0.15, 0.2) is 15.9 Å². The van der Waals surface area contributed by atoms with Crippen LogP contribution in [0.5, 0.6) is 0 Å². The Labute approximate surface area is 92.4 Å². The maximum atomic E-state index is 10.9. The first-order valence-electron chi connectivity index (χ1n) is 4.65. The fourth-order valence-corrected chi connectivity index (χ4v) is 1.11. The summed E-state index contributed by atoms with van der Waals surface area (Å²) in [5.74, 6) is -0.942. The van der Waals surface area contributed by atoms with Crippen molar-refractivity contribution in [2.45, 2.75) is 13.0 Å². The molecule has 1 atom stereocenters. The minimum Gasteiger partial charge on any atom is -0.431 e. The molecule has 0 aromatic carbocycles. The fourth-order valence-electron chi connectivity index (χ4n) is 1.11.